The summed E-state index contributed by atoms with van der Waals surface area (Å²) in [4.78, 5) is 15.4. The van der Waals surface area contributed by atoms with Crippen molar-refractivity contribution in [3.63, 3.8) is 0 Å². The van der Waals surface area contributed by atoms with Gasteiger partial charge in [0.05, 0.1) is 0 Å². The van der Waals surface area contributed by atoms with Crippen LogP contribution in [0.25, 0.3) is 0 Å². The first kappa shape index (κ1) is 7.67. The molecule has 0 spiro atoms. The summed E-state index contributed by atoms with van der Waals surface area (Å²) in [6, 6.07) is 4.80. The average molecular weight is 174 g/mol. The van der Waals surface area contributed by atoms with Gasteiger partial charge in [0.1, 0.15) is 6.26 Å². The molecule has 0 aliphatic carbocycles. The number of nitrogens with zero attached hydrogens (tertiary/aromatic N) is 2. The number of carbonyl (C=O) groups is 1. The molecule has 0 saturated heterocycles. The fourth-order valence-electron chi connectivity index (χ4n) is 0.981. The zero-order chi connectivity index (χ0) is 9.10. The molecule has 0 unspecified atom stereocenters. The summed E-state index contributed by atoms with van der Waals surface area (Å²) >= 11 is 0. The maximum absolute atomic E-state index is 11.6. The van der Waals surface area contributed by atoms with Crippen LogP contribution in [-0.4, -0.2) is 15.9 Å². The number of pyridine rings is 1. The lowest BCUT2D eigenvalue weighted by Gasteiger charge is -1.93. The van der Waals surface area contributed by atoms with Gasteiger partial charge >= 0.3 is 0 Å². The van der Waals surface area contributed by atoms with E-state index < -0.39 is 0 Å². The topological polar surface area (TPSA) is 56.0 Å². The summed E-state index contributed by atoms with van der Waals surface area (Å²) in [7, 11) is 0. The smallest absolute Gasteiger partial charge is 0.214 e. The Kier molecular flexibility index (Phi) is 1.88. The van der Waals surface area contributed by atoms with E-state index in [0.717, 1.165) is 0 Å². The van der Waals surface area contributed by atoms with Crippen molar-refractivity contribution in [2.45, 2.75) is 0 Å². The number of hydrogen-bond acceptors (Lipinski definition) is 4. The maximum atomic E-state index is 11.6. The van der Waals surface area contributed by atoms with Gasteiger partial charge in [0, 0.05) is 24.0 Å². The zero-order valence-electron chi connectivity index (χ0n) is 6.68. The van der Waals surface area contributed by atoms with Gasteiger partial charge in [-0.2, -0.15) is 0 Å². The van der Waals surface area contributed by atoms with Crippen molar-refractivity contribution in [2.24, 2.45) is 0 Å². The molecule has 4 heteroatoms. The number of rotatable bonds is 2. The second kappa shape index (κ2) is 3.18. The van der Waals surface area contributed by atoms with Crippen molar-refractivity contribution in [2.75, 3.05) is 0 Å². The summed E-state index contributed by atoms with van der Waals surface area (Å²) in [6.07, 6.45) is 4.50. The van der Waals surface area contributed by atoms with E-state index >= 15 is 0 Å². The largest absolute Gasteiger partial charge is 0.364 e. The lowest BCUT2D eigenvalue weighted by Crippen LogP contribution is -2.00. The van der Waals surface area contributed by atoms with Crippen molar-refractivity contribution in [3.05, 3.63) is 48.1 Å². The van der Waals surface area contributed by atoms with Gasteiger partial charge in [0.2, 0.25) is 5.78 Å². The van der Waals surface area contributed by atoms with Crippen LogP contribution in [-0.2, 0) is 0 Å². The molecule has 0 atom stereocenters. The highest BCUT2D eigenvalue weighted by molar-refractivity contribution is 6.07. The number of aromatic nitrogens is 2. The fraction of sp³-hybridized carbons (Fsp3) is 0. The molecule has 0 aromatic carbocycles. The lowest BCUT2D eigenvalue weighted by atomic mass is 10.1. The van der Waals surface area contributed by atoms with Crippen molar-refractivity contribution < 1.29 is 9.32 Å². The van der Waals surface area contributed by atoms with Crippen LogP contribution in [0, 0.1) is 0 Å². The summed E-state index contributed by atoms with van der Waals surface area (Å²) in [5, 5.41) is 3.55. The molecule has 64 valence electrons. The highest BCUT2D eigenvalue weighted by atomic mass is 16.5. The third-order valence-corrected chi connectivity index (χ3v) is 1.61. The molecule has 2 aromatic rings. The van der Waals surface area contributed by atoms with Crippen LogP contribution < -0.4 is 0 Å². The third-order valence-electron chi connectivity index (χ3n) is 1.61. The number of hydrogen-bond donors (Lipinski definition) is 0. The Labute approximate surface area is 74.2 Å². The summed E-state index contributed by atoms with van der Waals surface area (Å²) < 4.78 is 4.57. The molecule has 13 heavy (non-hydrogen) atoms. The molecular formula is C9H6N2O2. The summed E-state index contributed by atoms with van der Waals surface area (Å²) in [5.41, 5.74) is 0.870. The van der Waals surface area contributed by atoms with Crippen molar-refractivity contribution in [3.8, 4) is 0 Å². The predicted octanol–water partition coefficient (Wildman–Crippen LogP) is 1.30. The van der Waals surface area contributed by atoms with Gasteiger partial charge in [-0.1, -0.05) is 5.16 Å². The van der Waals surface area contributed by atoms with Gasteiger partial charge in [-0.15, -0.1) is 0 Å². The third kappa shape index (κ3) is 1.46. The van der Waals surface area contributed by atoms with E-state index in [9.17, 15) is 4.79 Å². The minimum atomic E-state index is -0.156. The lowest BCUT2D eigenvalue weighted by molar-refractivity contribution is 0.103. The molecular weight excluding hydrogens is 168 g/mol. The van der Waals surface area contributed by atoms with Crippen LogP contribution in [0.3, 0.4) is 0 Å². The first-order valence-electron chi connectivity index (χ1n) is 3.73. The Morgan fingerprint density at radius 3 is 2.62 bits per heavy atom. The van der Waals surface area contributed by atoms with Crippen molar-refractivity contribution >= 4 is 5.78 Å². The van der Waals surface area contributed by atoms with E-state index in [1.54, 1.807) is 24.5 Å². The molecule has 0 bridgehead atoms. The van der Waals surface area contributed by atoms with Crippen molar-refractivity contribution in [1.29, 1.82) is 0 Å². The van der Waals surface area contributed by atoms with Gasteiger partial charge in [-0.25, -0.2) is 0 Å². The summed E-state index contributed by atoms with van der Waals surface area (Å²) in [5.74, 6) is -0.156. The van der Waals surface area contributed by atoms with Crippen LogP contribution in [0.5, 0.6) is 0 Å². The Hall–Kier alpha value is -1.97. The minimum Gasteiger partial charge on any atom is -0.364 e. The number of ketones is 1. The first-order chi connectivity index (χ1) is 6.38. The Balaban J connectivity index is 2.34. The second-order valence-corrected chi connectivity index (χ2v) is 2.45. The molecule has 0 N–H and O–H groups in total. The Morgan fingerprint density at radius 1 is 1.23 bits per heavy atom. The SMILES string of the molecule is O=C(c1ccncc1)c1ccon1. The van der Waals surface area contributed by atoms with E-state index in [-0.39, 0.29) is 5.78 Å². The predicted molar refractivity (Wildman–Crippen MR) is 44.2 cm³/mol. The summed E-state index contributed by atoms with van der Waals surface area (Å²) in [6.45, 7) is 0. The molecule has 0 radical (unpaired) electrons. The molecule has 0 fully saturated rings. The van der Waals surface area contributed by atoms with Gasteiger partial charge < -0.3 is 4.52 Å². The standard InChI is InChI=1S/C9H6N2O2/c12-9(8-3-6-13-11-8)7-1-4-10-5-2-7/h1-6H. The molecule has 2 rings (SSSR count). The number of carbonyl (C=O) groups excluding carboxylic acids is 1. The van der Waals surface area contributed by atoms with Gasteiger partial charge in [0.25, 0.3) is 0 Å². The Bertz CT molecular complexity index is 395. The molecule has 2 heterocycles. The maximum Gasteiger partial charge on any atom is 0.214 e. The molecule has 2 aromatic heterocycles. The zero-order valence-corrected chi connectivity index (χ0v) is 6.68. The highest BCUT2D eigenvalue weighted by Crippen LogP contribution is 2.05. The molecule has 0 aliphatic heterocycles. The second-order valence-electron chi connectivity index (χ2n) is 2.45. The van der Waals surface area contributed by atoms with Gasteiger partial charge in [-0.3, -0.25) is 9.78 Å². The highest BCUT2D eigenvalue weighted by Gasteiger charge is 2.10. The van der Waals surface area contributed by atoms with Crippen LogP contribution in [0.4, 0.5) is 0 Å². The fourth-order valence-corrected chi connectivity index (χ4v) is 0.981. The monoisotopic (exact) mass is 174 g/mol. The minimum absolute atomic E-state index is 0.156. The van der Waals surface area contributed by atoms with Crippen LogP contribution in [0.15, 0.2) is 41.4 Å². The molecule has 0 saturated carbocycles. The molecule has 0 amide bonds. The van der Waals surface area contributed by atoms with Crippen molar-refractivity contribution in [1.82, 2.24) is 10.1 Å². The van der Waals surface area contributed by atoms with E-state index in [2.05, 4.69) is 14.7 Å². The van der Waals surface area contributed by atoms with Crippen LogP contribution in [0.1, 0.15) is 16.1 Å². The molecule has 0 aliphatic rings. The van der Waals surface area contributed by atoms with Crippen LogP contribution >= 0.6 is 0 Å². The normalized spacial score (nSPS) is 9.85. The van der Waals surface area contributed by atoms with Gasteiger partial charge in [0.15, 0.2) is 5.69 Å². The first-order valence-corrected chi connectivity index (χ1v) is 3.73. The Morgan fingerprint density at radius 2 is 2.00 bits per heavy atom. The van der Waals surface area contributed by atoms with E-state index in [0.29, 0.717) is 11.3 Å². The quantitative estimate of drug-likeness (QED) is 0.644. The van der Waals surface area contributed by atoms with E-state index in [1.165, 1.54) is 12.3 Å². The molecule has 4 nitrogen and oxygen atoms in total. The van der Waals surface area contributed by atoms with Gasteiger partial charge in [-0.05, 0) is 12.1 Å². The van der Waals surface area contributed by atoms with Crippen LogP contribution in [0.2, 0.25) is 0 Å². The van der Waals surface area contributed by atoms with E-state index in [4.69, 9.17) is 0 Å². The van der Waals surface area contributed by atoms with E-state index in [1.807, 2.05) is 0 Å². The average Bonchev–Trinajstić information content (AvgIpc) is 2.71.